The molecule has 1 aromatic heterocycles. The first-order valence-electron chi connectivity index (χ1n) is 6.92. The fourth-order valence-electron chi connectivity index (χ4n) is 2.16. The molecule has 6 heteroatoms. The monoisotopic (exact) mass is 281 g/mol. The molecule has 2 rings (SSSR count). The lowest BCUT2D eigenvalue weighted by molar-refractivity contribution is 0.00335. The first-order valence-corrected chi connectivity index (χ1v) is 6.92. The van der Waals surface area contributed by atoms with E-state index in [1.54, 1.807) is 4.90 Å². The molecule has 0 bridgehead atoms. The Labute approximate surface area is 118 Å². The highest BCUT2D eigenvalue weighted by molar-refractivity contribution is 5.95. The molecule has 1 unspecified atom stereocenters. The molecule has 0 saturated carbocycles. The van der Waals surface area contributed by atoms with Gasteiger partial charge in [0, 0.05) is 19.3 Å². The Morgan fingerprint density at radius 2 is 2.45 bits per heavy atom. The number of halogens is 1. The predicted octanol–water partition coefficient (Wildman–Crippen LogP) is 1.90. The van der Waals surface area contributed by atoms with E-state index in [4.69, 9.17) is 4.74 Å². The Morgan fingerprint density at radius 1 is 1.65 bits per heavy atom. The molecular formula is C14H20FN3O2. The van der Waals surface area contributed by atoms with Gasteiger partial charge in [0.1, 0.15) is 0 Å². The minimum Gasteiger partial charge on any atom is -0.377 e. The van der Waals surface area contributed by atoms with Gasteiger partial charge in [-0.05, 0) is 19.4 Å². The van der Waals surface area contributed by atoms with Crippen molar-refractivity contribution in [1.82, 2.24) is 9.88 Å². The molecule has 1 aliphatic heterocycles. The number of ether oxygens (including phenoxy) is 1. The molecule has 0 radical (unpaired) electrons. The second kappa shape index (κ2) is 6.65. The van der Waals surface area contributed by atoms with E-state index in [0.29, 0.717) is 26.3 Å². The fourth-order valence-corrected chi connectivity index (χ4v) is 2.16. The topological polar surface area (TPSA) is 54.5 Å². The van der Waals surface area contributed by atoms with Crippen molar-refractivity contribution in [3.8, 4) is 0 Å². The average Bonchev–Trinajstić information content (AvgIpc) is 2.46. The lowest BCUT2D eigenvalue weighted by Crippen LogP contribution is -2.47. The molecule has 0 aliphatic carbocycles. The highest BCUT2D eigenvalue weighted by Gasteiger charge is 2.27. The molecular weight excluding hydrogens is 261 g/mol. The normalized spacial score (nSPS) is 18.9. The van der Waals surface area contributed by atoms with Crippen LogP contribution in [0.25, 0.3) is 0 Å². The van der Waals surface area contributed by atoms with Crippen LogP contribution in [0.1, 0.15) is 30.6 Å². The zero-order valence-electron chi connectivity index (χ0n) is 11.9. The van der Waals surface area contributed by atoms with Gasteiger partial charge >= 0.3 is 0 Å². The van der Waals surface area contributed by atoms with Crippen molar-refractivity contribution in [1.29, 1.82) is 0 Å². The smallest absolute Gasteiger partial charge is 0.257 e. The van der Waals surface area contributed by atoms with Crippen molar-refractivity contribution in [2.45, 2.75) is 26.3 Å². The van der Waals surface area contributed by atoms with Crippen molar-refractivity contribution in [3.63, 3.8) is 0 Å². The molecule has 1 atom stereocenters. The van der Waals surface area contributed by atoms with Gasteiger partial charge in [0.05, 0.1) is 24.8 Å². The second-order valence-corrected chi connectivity index (χ2v) is 4.87. The van der Waals surface area contributed by atoms with E-state index in [-0.39, 0.29) is 23.3 Å². The number of carbonyl (C=O) groups is 1. The summed E-state index contributed by atoms with van der Waals surface area (Å²) in [4.78, 5) is 18.0. The number of aromatic nitrogens is 1. The van der Waals surface area contributed by atoms with E-state index in [9.17, 15) is 9.18 Å². The Hall–Kier alpha value is -1.69. The summed E-state index contributed by atoms with van der Waals surface area (Å²) in [6.45, 7) is 5.96. The van der Waals surface area contributed by atoms with Crippen LogP contribution < -0.4 is 5.32 Å². The summed E-state index contributed by atoms with van der Waals surface area (Å²) in [5, 5.41) is 2.89. The van der Waals surface area contributed by atoms with Gasteiger partial charge in [0.2, 0.25) is 0 Å². The van der Waals surface area contributed by atoms with E-state index in [1.807, 2.05) is 13.8 Å². The number of morpholine rings is 1. The summed E-state index contributed by atoms with van der Waals surface area (Å²) >= 11 is 0. The number of hydrogen-bond acceptors (Lipinski definition) is 4. The molecule has 1 aliphatic rings. The number of anilines is 1. The molecule has 110 valence electrons. The van der Waals surface area contributed by atoms with E-state index < -0.39 is 5.82 Å². The van der Waals surface area contributed by atoms with Crippen LogP contribution in [0.4, 0.5) is 10.2 Å². The maximum atomic E-state index is 14.3. The minimum atomic E-state index is -0.579. The van der Waals surface area contributed by atoms with E-state index >= 15 is 0 Å². The largest absolute Gasteiger partial charge is 0.377 e. The number of rotatable bonds is 4. The molecule has 1 fully saturated rings. The summed E-state index contributed by atoms with van der Waals surface area (Å²) < 4.78 is 19.6. The minimum absolute atomic E-state index is 0.0455. The second-order valence-electron chi connectivity index (χ2n) is 4.87. The number of carbonyl (C=O) groups excluding carboxylic acids is 1. The number of nitrogens with zero attached hydrogens (tertiary/aromatic N) is 2. The first kappa shape index (κ1) is 14.7. The van der Waals surface area contributed by atoms with Gasteiger partial charge in [0.15, 0.2) is 11.6 Å². The highest BCUT2D eigenvalue weighted by atomic mass is 19.1. The molecule has 5 nitrogen and oxygen atoms in total. The molecule has 1 aromatic rings. The highest BCUT2D eigenvalue weighted by Crippen LogP contribution is 2.19. The standard InChI is InChI=1S/C14H20FN3O2/c1-3-5-16-13-12(15)11(4-6-17-13)14(19)18-7-8-20-9-10(18)2/h4,6,10H,3,5,7-9H2,1-2H3,(H,16,17). The number of pyridine rings is 1. The summed E-state index contributed by atoms with van der Waals surface area (Å²) in [7, 11) is 0. The summed E-state index contributed by atoms with van der Waals surface area (Å²) in [5.74, 6) is -0.747. The van der Waals surface area contributed by atoms with E-state index in [1.165, 1.54) is 12.3 Å². The maximum Gasteiger partial charge on any atom is 0.257 e. The lowest BCUT2D eigenvalue weighted by atomic mass is 10.1. The molecule has 0 spiro atoms. The number of amides is 1. The van der Waals surface area contributed by atoms with Crippen molar-refractivity contribution in [2.75, 3.05) is 31.6 Å². The van der Waals surface area contributed by atoms with Crippen LogP contribution in [0, 0.1) is 5.82 Å². The number of hydrogen-bond donors (Lipinski definition) is 1. The van der Waals surface area contributed by atoms with Crippen LogP contribution >= 0.6 is 0 Å². The zero-order valence-corrected chi connectivity index (χ0v) is 11.9. The van der Waals surface area contributed by atoms with Crippen molar-refractivity contribution < 1.29 is 13.9 Å². The first-order chi connectivity index (χ1) is 9.65. The third-order valence-electron chi connectivity index (χ3n) is 3.29. The van der Waals surface area contributed by atoms with E-state index in [0.717, 1.165) is 6.42 Å². The average molecular weight is 281 g/mol. The predicted molar refractivity (Wildman–Crippen MR) is 74.3 cm³/mol. The Bertz CT molecular complexity index is 481. The molecule has 2 heterocycles. The van der Waals surface area contributed by atoms with Crippen LogP contribution in [0.2, 0.25) is 0 Å². The van der Waals surface area contributed by atoms with Crippen LogP contribution in [-0.2, 0) is 4.74 Å². The van der Waals surface area contributed by atoms with Gasteiger partial charge in [-0.2, -0.15) is 0 Å². The Kier molecular flexibility index (Phi) is 4.89. The van der Waals surface area contributed by atoms with Gasteiger partial charge in [-0.15, -0.1) is 0 Å². The maximum absolute atomic E-state index is 14.3. The fraction of sp³-hybridized carbons (Fsp3) is 0.571. The molecule has 1 saturated heterocycles. The molecule has 1 N–H and O–H groups in total. The van der Waals surface area contributed by atoms with Crippen molar-refractivity contribution in [3.05, 3.63) is 23.6 Å². The quantitative estimate of drug-likeness (QED) is 0.916. The molecule has 20 heavy (non-hydrogen) atoms. The SMILES string of the molecule is CCCNc1nccc(C(=O)N2CCOCC2C)c1F. The van der Waals surface area contributed by atoms with Gasteiger partial charge in [-0.1, -0.05) is 6.92 Å². The van der Waals surface area contributed by atoms with E-state index in [2.05, 4.69) is 10.3 Å². The van der Waals surface area contributed by atoms with Gasteiger partial charge in [0.25, 0.3) is 5.91 Å². The molecule has 1 amide bonds. The lowest BCUT2D eigenvalue weighted by Gasteiger charge is -2.33. The van der Waals surface area contributed by atoms with Crippen molar-refractivity contribution >= 4 is 11.7 Å². The number of nitrogens with one attached hydrogen (secondary N) is 1. The van der Waals surface area contributed by atoms with Crippen molar-refractivity contribution in [2.24, 2.45) is 0 Å². The summed E-state index contributed by atoms with van der Waals surface area (Å²) in [5.41, 5.74) is 0.0624. The van der Waals surface area contributed by atoms with Crippen LogP contribution in [-0.4, -0.2) is 48.1 Å². The van der Waals surface area contributed by atoms with Gasteiger partial charge in [-0.3, -0.25) is 4.79 Å². The Balaban J connectivity index is 2.21. The zero-order chi connectivity index (χ0) is 14.5. The third kappa shape index (κ3) is 3.07. The van der Waals surface area contributed by atoms with Gasteiger partial charge in [-0.25, -0.2) is 9.37 Å². The molecule has 0 aromatic carbocycles. The van der Waals surface area contributed by atoms with Gasteiger partial charge < -0.3 is 15.0 Å². The summed E-state index contributed by atoms with van der Waals surface area (Å²) in [6, 6.07) is 1.38. The van der Waals surface area contributed by atoms with Crippen LogP contribution in [0.5, 0.6) is 0 Å². The van der Waals surface area contributed by atoms with Crippen LogP contribution in [0.15, 0.2) is 12.3 Å². The third-order valence-corrected chi connectivity index (χ3v) is 3.29. The van der Waals surface area contributed by atoms with Crippen LogP contribution in [0.3, 0.4) is 0 Å². The summed E-state index contributed by atoms with van der Waals surface area (Å²) in [6.07, 6.45) is 2.32. The Morgan fingerprint density at radius 3 is 3.15 bits per heavy atom.